The third kappa shape index (κ3) is 2.94. The summed E-state index contributed by atoms with van der Waals surface area (Å²) in [5.74, 6) is 0.764. The summed E-state index contributed by atoms with van der Waals surface area (Å²) >= 11 is 0. The minimum atomic E-state index is -0.0700. The van der Waals surface area contributed by atoms with E-state index in [9.17, 15) is 4.79 Å². The molecule has 0 bridgehead atoms. The Morgan fingerprint density at radius 3 is 2.85 bits per heavy atom. The first-order valence-electron chi connectivity index (χ1n) is 9.22. The number of rotatable bonds is 3. The number of benzene rings is 1. The van der Waals surface area contributed by atoms with Crippen LogP contribution in [0.25, 0.3) is 22.6 Å². The van der Waals surface area contributed by atoms with E-state index in [4.69, 9.17) is 4.98 Å². The zero-order valence-electron chi connectivity index (χ0n) is 15.2. The summed E-state index contributed by atoms with van der Waals surface area (Å²) in [6.07, 6.45) is 5.95. The molecule has 0 spiro atoms. The number of hydrogen-bond donors (Lipinski definition) is 2. The number of urea groups is 1. The van der Waals surface area contributed by atoms with Crippen molar-refractivity contribution >= 4 is 22.8 Å². The fraction of sp³-hybridized carbons (Fsp3) is 0.421. The average molecular weight is 352 g/mol. The van der Waals surface area contributed by atoms with Crippen molar-refractivity contribution in [2.45, 2.75) is 32.6 Å². The number of amides is 2. The topological polar surface area (TPSA) is 78.8 Å². The molecule has 0 atom stereocenters. The molecule has 1 aromatic carbocycles. The molecule has 1 aliphatic heterocycles. The highest BCUT2D eigenvalue weighted by molar-refractivity contribution is 5.93. The number of aromatic amines is 1. The third-order valence-corrected chi connectivity index (χ3v) is 5.10. The molecule has 1 saturated heterocycles. The maximum absolute atomic E-state index is 12.5. The van der Waals surface area contributed by atoms with Gasteiger partial charge in [-0.25, -0.2) is 9.78 Å². The van der Waals surface area contributed by atoms with Gasteiger partial charge < -0.3 is 14.8 Å². The molecule has 26 heavy (non-hydrogen) atoms. The Morgan fingerprint density at radius 1 is 1.27 bits per heavy atom. The maximum Gasteiger partial charge on any atom is 0.321 e. The van der Waals surface area contributed by atoms with Crippen molar-refractivity contribution in [3.63, 3.8) is 0 Å². The first kappa shape index (κ1) is 16.6. The number of nitrogens with one attached hydrogen (secondary N) is 2. The summed E-state index contributed by atoms with van der Waals surface area (Å²) in [6.45, 7) is 3.75. The fourth-order valence-electron chi connectivity index (χ4n) is 3.53. The predicted molar refractivity (Wildman–Crippen MR) is 102 cm³/mol. The van der Waals surface area contributed by atoms with E-state index in [1.165, 1.54) is 12.0 Å². The van der Waals surface area contributed by atoms with Crippen molar-refractivity contribution < 1.29 is 4.79 Å². The summed E-state index contributed by atoms with van der Waals surface area (Å²) < 4.78 is 2.03. The lowest BCUT2D eigenvalue weighted by molar-refractivity contribution is 0.200. The summed E-state index contributed by atoms with van der Waals surface area (Å²) in [5.41, 5.74) is 4.65. The molecular weight excluding hydrogens is 328 g/mol. The molecule has 7 nitrogen and oxygen atoms in total. The van der Waals surface area contributed by atoms with Gasteiger partial charge in [0.05, 0.1) is 22.9 Å². The van der Waals surface area contributed by atoms with Crippen molar-refractivity contribution in [2.24, 2.45) is 7.05 Å². The number of fused-ring (bicyclic) bond motifs is 1. The minimum absolute atomic E-state index is 0.0700. The lowest BCUT2D eigenvalue weighted by Gasteiger charge is -2.26. The van der Waals surface area contributed by atoms with Crippen molar-refractivity contribution in [1.82, 2.24) is 24.6 Å². The van der Waals surface area contributed by atoms with Crippen molar-refractivity contribution in [2.75, 3.05) is 18.4 Å². The largest absolute Gasteiger partial charge is 0.326 e. The number of aromatic nitrogens is 4. The standard InChI is InChI=1S/C19H24N6O/c1-3-13-7-8-16-14(11-13)21-18(24(16)2)17-15(12-20-23-17)22-19(26)25-9-5-4-6-10-25/h7-8,11-12H,3-6,9-10H2,1-2H3,(H,20,23)(H,22,26). The second kappa shape index (κ2) is 6.82. The molecule has 0 aliphatic carbocycles. The van der Waals surface area contributed by atoms with Crippen LogP contribution >= 0.6 is 0 Å². The number of anilines is 1. The highest BCUT2D eigenvalue weighted by atomic mass is 16.2. The van der Waals surface area contributed by atoms with E-state index < -0.39 is 0 Å². The summed E-state index contributed by atoms with van der Waals surface area (Å²) in [6, 6.07) is 6.26. The van der Waals surface area contributed by atoms with Gasteiger partial charge in [0, 0.05) is 20.1 Å². The quantitative estimate of drug-likeness (QED) is 0.757. The van der Waals surface area contributed by atoms with Crippen LogP contribution in [0.4, 0.5) is 10.5 Å². The van der Waals surface area contributed by atoms with E-state index in [2.05, 4.69) is 40.6 Å². The zero-order valence-corrected chi connectivity index (χ0v) is 15.2. The summed E-state index contributed by atoms with van der Waals surface area (Å²) in [4.78, 5) is 19.2. The van der Waals surface area contributed by atoms with Crippen molar-refractivity contribution in [1.29, 1.82) is 0 Å². The Balaban J connectivity index is 1.65. The highest BCUT2D eigenvalue weighted by Crippen LogP contribution is 2.28. The van der Waals surface area contributed by atoms with Gasteiger partial charge in [0.2, 0.25) is 0 Å². The normalized spacial score (nSPS) is 14.8. The van der Waals surface area contributed by atoms with Crippen LogP contribution in [-0.4, -0.2) is 43.8 Å². The Bertz CT molecular complexity index is 935. The minimum Gasteiger partial charge on any atom is -0.326 e. The molecule has 0 unspecified atom stereocenters. The van der Waals surface area contributed by atoms with E-state index in [0.29, 0.717) is 5.69 Å². The number of piperidine rings is 1. The molecule has 1 fully saturated rings. The molecule has 2 amide bonds. The number of H-pyrrole nitrogens is 1. The van der Waals surface area contributed by atoms with Crippen LogP contribution in [0.5, 0.6) is 0 Å². The Labute approximate surface area is 152 Å². The molecule has 0 radical (unpaired) electrons. The van der Waals surface area contributed by atoms with Crippen LogP contribution in [0, 0.1) is 0 Å². The van der Waals surface area contributed by atoms with Gasteiger partial charge >= 0.3 is 6.03 Å². The van der Waals surface area contributed by atoms with Gasteiger partial charge in [-0.15, -0.1) is 0 Å². The van der Waals surface area contributed by atoms with Gasteiger partial charge in [-0.3, -0.25) is 5.10 Å². The van der Waals surface area contributed by atoms with Crippen LogP contribution < -0.4 is 5.32 Å². The SMILES string of the molecule is CCc1ccc2c(c1)nc(-c1[nH]ncc1NC(=O)N1CCCCC1)n2C. The fourth-order valence-corrected chi connectivity index (χ4v) is 3.53. The molecule has 2 N–H and O–H groups in total. The Morgan fingerprint density at radius 2 is 2.08 bits per heavy atom. The predicted octanol–water partition coefficient (Wildman–Crippen LogP) is 3.54. The van der Waals surface area contributed by atoms with Crippen molar-refractivity contribution in [3.8, 4) is 11.5 Å². The molecule has 3 aromatic rings. The number of aryl methyl sites for hydroxylation is 2. The van der Waals surface area contributed by atoms with Gasteiger partial charge in [0.15, 0.2) is 5.82 Å². The first-order chi connectivity index (χ1) is 12.7. The van der Waals surface area contributed by atoms with E-state index in [1.807, 2.05) is 16.5 Å². The van der Waals surface area contributed by atoms with Crippen molar-refractivity contribution in [3.05, 3.63) is 30.0 Å². The molecule has 3 heterocycles. The number of carbonyl (C=O) groups is 1. The second-order valence-corrected chi connectivity index (χ2v) is 6.81. The molecule has 136 valence electrons. The number of nitrogens with zero attached hydrogens (tertiary/aromatic N) is 4. The second-order valence-electron chi connectivity index (χ2n) is 6.81. The van der Waals surface area contributed by atoms with Gasteiger partial charge in [-0.2, -0.15) is 5.10 Å². The summed E-state index contributed by atoms with van der Waals surface area (Å²) in [5, 5.41) is 10.1. The molecule has 1 aliphatic rings. The van der Waals surface area contributed by atoms with E-state index in [0.717, 1.165) is 54.9 Å². The molecule has 0 saturated carbocycles. The lowest BCUT2D eigenvalue weighted by atomic mass is 10.1. The first-order valence-corrected chi connectivity index (χ1v) is 9.22. The molecule has 2 aromatic heterocycles. The molecular formula is C19H24N6O. The van der Waals surface area contributed by atoms with Crippen LogP contribution in [0.2, 0.25) is 0 Å². The monoisotopic (exact) mass is 352 g/mol. The third-order valence-electron chi connectivity index (χ3n) is 5.10. The van der Waals surface area contributed by atoms with Gasteiger partial charge in [0.25, 0.3) is 0 Å². The maximum atomic E-state index is 12.5. The molecule has 7 heteroatoms. The van der Waals surface area contributed by atoms with Gasteiger partial charge in [-0.05, 0) is 43.4 Å². The van der Waals surface area contributed by atoms with Crippen LogP contribution in [-0.2, 0) is 13.5 Å². The number of likely N-dealkylation sites (tertiary alicyclic amines) is 1. The Hall–Kier alpha value is -2.83. The average Bonchev–Trinajstić information content (AvgIpc) is 3.26. The van der Waals surface area contributed by atoms with E-state index in [1.54, 1.807) is 6.20 Å². The molecule has 4 rings (SSSR count). The van der Waals surface area contributed by atoms with Gasteiger partial charge in [0.1, 0.15) is 5.69 Å². The number of imidazole rings is 1. The zero-order chi connectivity index (χ0) is 18.1. The van der Waals surface area contributed by atoms with Gasteiger partial charge in [-0.1, -0.05) is 13.0 Å². The van der Waals surface area contributed by atoms with E-state index >= 15 is 0 Å². The van der Waals surface area contributed by atoms with E-state index in [-0.39, 0.29) is 6.03 Å². The Kier molecular flexibility index (Phi) is 4.36. The summed E-state index contributed by atoms with van der Waals surface area (Å²) in [7, 11) is 1.98. The van der Waals surface area contributed by atoms with Crippen LogP contribution in [0.3, 0.4) is 0 Å². The van der Waals surface area contributed by atoms with Crippen LogP contribution in [0.1, 0.15) is 31.7 Å². The highest BCUT2D eigenvalue weighted by Gasteiger charge is 2.21. The van der Waals surface area contributed by atoms with Crippen LogP contribution in [0.15, 0.2) is 24.4 Å². The number of carbonyl (C=O) groups excluding carboxylic acids is 1. The smallest absolute Gasteiger partial charge is 0.321 e. The number of hydrogen-bond acceptors (Lipinski definition) is 3. The lowest BCUT2D eigenvalue weighted by Crippen LogP contribution is -2.38.